The highest BCUT2D eigenvalue weighted by molar-refractivity contribution is 7.10. The topological polar surface area (TPSA) is 95.4 Å². The van der Waals surface area contributed by atoms with E-state index >= 15 is 0 Å². The molecule has 26 heavy (non-hydrogen) atoms. The summed E-state index contributed by atoms with van der Waals surface area (Å²) in [4.78, 5) is 25.9. The number of rotatable bonds is 2. The molecule has 1 aliphatic heterocycles. The highest BCUT2D eigenvalue weighted by atomic mass is 32.1. The lowest BCUT2D eigenvalue weighted by Gasteiger charge is -2.14. The first-order valence-electron chi connectivity index (χ1n) is 7.95. The first kappa shape index (κ1) is 16.4. The van der Waals surface area contributed by atoms with Gasteiger partial charge in [-0.15, -0.1) is 11.3 Å². The van der Waals surface area contributed by atoms with E-state index in [4.69, 9.17) is 0 Å². The van der Waals surface area contributed by atoms with E-state index in [1.807, 2.05) is 17.5 Å². The Morgan fingerprint density at radius 3 is 2.73 bits per heavy atom. The number of carbonyl (C=O) groups is 1. The van der Waals surface area contributed by atoms with Gasteiger partial charge in [-0.1, -0.05) is 18.2 Å². The first-order valence-corrected chi connectivity index (χ1v) is 8.83. The number of fused-ring (bicyclic) bond motifs is 1. The van der Waals surface area contributed by atoms with Crippen LogP contribution in [0.25, 0.3) is 16.6 Å². The zero-order chi connectivity index (χ0) is 18.3. The predicted molar refractivity (Wildman–Crippen MR) is 101 cm³/mol. The fourth-order valence-electron chi connectivity index (χ4n) is 3.04. The second kappa shape index (κ2) is 6.32. The fraction of sp³-hybridized carbons (Fsp3) is 0.111. The van der Waals surface area contributed by atoms with Gasteiger partial charge in [-0.2, -0.15) is 0 Å². The average molecular weight is 368 g/mol. The number of hydrazine groups is 1. The molecule has 7 nitrogen and oxygen atoms in total. The van der Waals surface area contributed by atoms with E-state index in [9.17, 15) is 14.7 Å². The fourth-order valence-corrected chi connectivity index (χ4v) is 3.78. The lowest BCUT2D eigenvalue weighted by Crippen LogP contribution is -2.42. The SMILES string of the molecule is Cn1c(=O)c(C2=CC(c3cccs3)NNC(=O)N2)c(O)c2ccccc21. The van der Waals surface area contributed by atoms with Gasteiger partial charge in [0.05, 0.1) is 17.3 Å². The number of benzene rings is 1. The Labute approximate surface area is 152 Å². The molecule has 1 unspecified atom stereocenters. The number of thiophene rings is 1. The van der Waals surface area contributed by atoms with Crippen LogP contribution in [0.4, 0.5) is 4.79 Å². The molecule has 3 heterocycles. The number of aryl methyl sites for hydroxylation is 1. The Morgan fingerprint density at radius 1 is 1.15 bits per heavy atom. The third kappa shape index (κ3) is 2.65. The lowest BCUT2D eigenvalue weighted by atomic mass is 10.1. The molecule has 1 atom stereocenters. The van der Waals surface area contributed by atoms with Crippen LogP contribution in [-0.2, 0) is 7.05 Å². The van der Waals surface area contributed by atoms with Crippen molar-refractivity contribution in [3.8, 4) is 5.75 Å². The predicted octanol–water partition coefficient (Wildman–Crippen LogP) is 2.21. The largest absolute Gasteiger partial charge is 0.506 e. The van der Waals surface area contributed by atoms with Crippen molar-refractivity contribution >= 4 is 34.0 Å². The Kier molecular flexibility index (Phi) is 3.98. The number of nitrogens with zero attached hydrogens (tertiary/aromatic N) is 1. The van der Waals surface area contributed by atoms with Crippen LogP contribution in [0, 0.1) is 0 Å². The molecule has 2 amide bonds. The molecule has 2 aromatic heterocycles. The van der Waals surface area contributed by atoms with E-state index in [1.54, 1.807) is 37.4 Å². The maximum absolute atomic E-state index is 12.9. The minimum absolute atomic E-state index is 0.0617. The van der Waals surface area contributed by atoms with Crippen LogP contribution in [0.5, 0.6) is 5.75 Å². The molecular weight excluding hydrogens is 352 g/mol. The maximum atomic E-state index is 12.9. The zero-order valence-electron chi connectivity index (χ0n) is 13.8. The summed E-state index contributed by atoms with van der Waals surface area (Å²) in [5.41, 5.74) is 5.99. The highest BCUT2D eigenvalue weighted by Crippen LogP contribution is 2.31. The van der Waals surface area contributed by atoms with Crippen LogP contribution in [0.2, 0.25) is 0 Å². The normalized spacial score (nSPS) is 17.3. The molecule has 4 N–H and O–H groups in total. The third-order valence-electron chi connectivity index (χ3n) is 4.32. The summed E-state index contributed by atoms with van der Waals surface area (Å²) in [7, 11) is 1.64. The smallest absolute Gasteiger partial charge is 0.333 e. The summed E-state index contributed by atoms with van der Waals surface area (Å²) in [5, 5.41) is 15.9. The highest BCUT2D eigenvalue weighted by Gasteiger charge is 2.24. The monoisotopic (exact) mass is 368 g/mol. The molecular formula is C18H16N4O3S. The number of aromatic hydroxyl groups is 1. The third-order valence-corrected chi connectivity index (χ3v) is 5.27. The molecule has 0 fully saturated rings. The van der Waals surface area contributed by atoms with Crippen LogP contribution in [0.3, 0.4) is 0 Å². The number of para-hydroxylation sites is 1. The molecule has 8 heteroatoms. The Balaban J connectivity index is 1.95. The number of hydrogen-bond donors (Lipinski definition) is 4. The molecule has 1 aromatic carbocycles. The molecule has 4 rings (SSSR count). The van der Waals surface area contributed by atoms with Gasteiger partial charge < -0.3 is 15.0 Å². The standard InChI is InChI=1S/C18H16N4O3S/c1-22-13-6-3-2-5-10(13)16(23)15(17(22)24)12-9-11(14-7-4-8-26-14)20-21-18(25)19-12/h2-9,11,20,23H,1H3,(H2,19,21,25). The average Bonchev–Trinajstić information content (AvgIpc) is 3.11. The van der Waals surface area contributed by atoms with Crippen molar-refractivity contribution < 1.29 is 9.90 Å². The van der Waals surface area contributed by atoms with Gasteiger partial charge in [-0.05, 0) is 29.7 Å². The molecule has 3 aromatic rings. The molecule has 0 bridgehead atoms. The number of amides is 2. The van der Waals surface area contributed by atoms with Gasteiger partial charge in [-0.25, -0.2) is 10.2 Å². The van der Waals surface area contributed by atoms with Gasteiger partial charge in [0.25, 0.3) is 5.56 Å². The second-order valence-electron chi connectivity index (χ2n) is 5.90. The van der Waals surface area contributed by atoms with Gasteiger partial charge in [0.15, 0.2) is 0 Å². The summed E-state index contributed by atoms with van der Waals surface area (Å²) in [6.45, 7) is 0. The number of urea groups is 1. The Hall–Kier alpha value is -3.10. The number of aromatic nitrogens is 1. The number of nitrogens with one attached hydrogen (secondary N) is 3. The van der Waals surface area contributed by atoms with E-state index < -0.39 is 6.03 Å². The quantitative estimate of drug-likeness (QED) is 0.558. The number of carbonyl (C=O) groups excluding carboxylic acids is 1. The van der Waals surface area contributed by atoms with Gasteiger partial charge in [-0.3, -0.25) is 10.2 Å². The van der Waals surface area contributed by atoms with E-state index in [0.29, 0.717) is 10.9 Å². The molecule has 0 aliphatic carbocycles. The van der Waals surface area contributed by atoms with Gasteiger partial charge in [0.1, 0.15) is 11.3 Å². The van der Waals surface area contributed by atoms with Crippen molar-refractivity contribution in [3.05, 3.63) is 68.6 Å². The van der Waals surface area contributed by atoms with Crippen LogP contribution in [0.1, 0.15) is 16.5 Å². The molecule has 132 valence electrons. The van der Waals surface area contributed by atoms with Crippen LogP contribution in [0.15, 0.2) is 52.6 Å². The molecule has 0 saturated carbocycles. The van der Waals surface area contributed by atoms with Crippen LogP contribution < -0.4 is 21.7 Å². The van der Waals surface area contributed by atoms with Crippen molar-refractivity contribution in [1.29, 1.82) is 0 Å². The summed E-state index contributed by atoms with van der Waals surface area (Å²) in [6, 6.07) is 10.1. The van der Waals surface area contributed by atoms with Crippen molar-refractivity contribution in [2.45, 2.75) is 6.04 Å². The summed E-state index contributed by atoms with van der Waals surface area (Å²) in [5.74, 6) is -0.151. The van der Waals surface area contributed by atoms with E-state index in [-0.39, 0.29) is 28.6 Å². The van der Waals surface area contributed by atoms with E-state index in [1.165, 1.54) is 15.9 Å². The second-order valence-corrected chi connectivity index (χ2v) is 6.88. The first-order chi connectivity index (χ1) is 12.6. The Morgan fingerprint density at radius 2 is 1.96 bits per heavy atom. The van der Waals surface area contributed by atoms with Gasteiger partial charge >= 0.3 is 6.03 Å². The molecule has 0 saturated heterocycles. The minimum atomic E-state index is -0.509. The molecule has 0 radical (unpaired) electrons. The maximum Gasteiger partial charge on any atom is 0.333 e. The van der Waals surface area contributed by atoms with Crippen molar-refractivity contribution in [3.63, 3.8) is 0 Å². The van der Waals surface area contributed by atoms with E-state index in [0.717, 1.165) is 4.88 Å². The minimum Gasteiger partial charge on any atom is -0.506 e. The summed E-state index contributed by atoms with van der Waals surface area (Å²) >= 11 is 1.52. The summed E-state index contributed by atoms with van der Waals surface area (Å²) in [6.07, 6.45) is 1.72. The molecule has 1 aliphatic rings. The number of hydrogen-bond acceptors (Lipinski definition) is 5. The summed E-state index contributed by atoms with van der Waals surface area (Å²) < 4.78 is 1.46. The van der Waals surface area contributed by atoms with Crippen LogP contribution in [-0.4, -0.2) is 15.7 Å². The van der Waals surface area contributed by atoms with E-state index in [2.05, 4.69) is 16.2 Å². The van der Waals surface area contributed by atoms with Crippen LogP contribution >= 0.6 is 11.3 Å². The Bertz CT molecular complexity index is 1090. The van der Waals surface area contributed by atoms with Gasteiger partial charge in [0, 0.05) is 17.3 Å². The number of pyridine rings is 1. The van der Waals surface area contributed by atoms with Crippen molar-refractivity contribution in [2.75, 3.05) is 0 Å². The lowest BCUT2D eigenvalue weighted by molar-refractivity contribution is 0.240. The van der Waals surface area contributed by atoms with Crippen molar-refractivity contribution in [1.82, 2.24) is 20.7 Å². The van der Waals surface area contributed by atoms with Crippen molar-refractivity contribution in [2.24, 2.45) is 7.05 Å². The molecule has 0 spiro atoms. The van der Waals surface area contributed by atoms with Gasteiger partial charge in [0.2, 0.25) is 0 Å². The zero-order valence-corrected chi connectivity index (χ0v) is 14.6.